The van der Waals surface area contributed by atoms with E-state index in [0.29, 0.717) is 6.54 Å². The summed E-state index contributed by atoms with van der Waals surface area (Å²) >= 11 is 0. The number of likely N-dealkylation sites (tertiary alicyclic amines) is 1. The minimum atomic E-state index is 0.101. The fourth-order valence-electron chi connectivity index (χ4n) is 4.63. The molecule has 4 rings (SSSR count). The smallest absolute Gasteiger partial charge is 0.254 e. The van der Waals surface area contributed by atoms with Crippen LogP contribution in [0.1, 0.15) is 46.4 Å². The van der Waals surface area contributed by atoms with Gasteiger partial charge in [0.2, 0.25) is 5.91 Å². The van der Waals surface area contributed by atoms with Crippen LogP contribution in [0.4, 0.5) is 0 Å². The van der Waals surface area contributed by atoms with Crippen LogP contribution >= 0.6 is 0 Å². The monoisotopic (exact) mass is 391 g/mol. The number of hydrogen-bond acceptors (Lipinski definition) is 3. The second-order valence-electron chi connectivity index (χ2n) is 8.59. The highest BCUT2D eigenvalue weighted by Crippen LogP contribution is 2.59. The summed E-state index contributed by atoms with van der Waals surface area (Å²) in [5, 5.41) is 3.08. The highest BCUT2D eigenvalue weighted by molar-refractivity contribution is 5.95. The SMILES string of the molecule is Cc1ccc(C(=O)N2CCC3(CC2)C[C@H]3C(=O)NCCc2ccccn2)c(C)c1. The molecule has 2 aromatic rings. The Morgan fingerprint density at radius 2 is 1.97 bits per heavy atom. The molecule has 1 aliphatic heterocycles. The zero-order chi connectivity index (χ0) is 20.4. The summed E-state index contributed by atoms with van der Waals surface area (Å²) in [7, 11) is 0. The van der Waals surface area contributed by atoms with Crippen molar-refractivity contribution in [3.05, 3.63) is 65.0 Å². The minimum Gasteiger partial charge on any atom is -0.355 e. The van der Waals surface area contributed by atoms with Crippen molar-refractivity contribution in [1.82, 2.24) is 15.2 Å². The Bertz CT molecular complexity index is 902. The van der Waals surface area contributed by atoms with E-state index in [-0.39, 0.29) is 23.1 Å². The molecule has 2 amide bonds. The topological polar surface area (TPSA) is 62.3 Å². The van der Waals surface area contributed by atoms with Crippen molar-refractivity contribution in [1.29, 1.82) is 0 Å². The van der Waals surface area contributed by atoms with Crippen LogP contribution in [0.3, 0.4) is 0 Å². The number of pyridine rings is 1. The Morgan fingerprint density at radius 3 is 2.66 bits per heavy atom. The normalized spacial score (nSPS) is 19.8. The molecule has 0 bridgehead atoms. The first-order chi connectivity index (χ1) is 14.0. The molecule has 1 N–H and O–H groups in total. The number of hydrogen-bond donors (Lipinski definition) is 1. The highest BCUT2D eigenvalue weighted by Gasteiger charge is 2.58. The number of piperidine rings is 1. The number of carbonyl (C=O) groups excluding carboxylic acids is 2. The summed E-state index contributed by atoms with van der Waals surface area (Å²) in [6, 6.07) is 11.8. The lowest BCUT2D eigenvalue weighted by atomic mass is 9.90. The molecule has 2 heterocycles. The number of nitrogens with one attached hydrogen (secondary N) is 1. The van der Waals surface area contributed by atoms with E-state index in [4.69, 9.17) is 0 Å². The lowest BCUT2D eigenvalue weighted by Crippen LogP contribution is -2.41. The van der Waals surface area contributed by atoms with Gasteiger partial charge in [-0.25, -0.2) is 0 Å². The van der Waals surface area contributed by atoms with Crippen LogP contribution in [-0.2, 0) is 11.2 Å². The number of aromatic nitrogens is 1. The molecule has 5 nitrogen and oxygen atoms in total. The first-order valence-corrected chi connectivity index (χ1v) is 10.5. The maximum atomic E-state index is 12.9. The lowest BCUT2D eigenvalue weighted by Gasteiger charge is -2.33. The molecule has 2 fully saturated rings. The van der Waals surface area contributed by atoms with Crippen molar-refractivity contribution in [3.8, 4) is 0 Å². The van der Waals surface area contributed by atoms with Gasteiger partial charge in [0.25, 0.3) is 5.91 Å². The molecule has 1 aliphatic carbocycles. The average molecular weight is 392 g/mol. The molecule has 1 saturated carbocycles. The van der Waals surface area contributed by atoms with E-state index in [0.717, 1.165) is 55.6 Å². The van der Waals surface area contributed by atoms with E-state index in [2.05, 4.69) is 16.4 Å². The van der Waals surface area contributed by atoms with Crippen molar-refractivity contribution in [2.75, 3.05) is 19.6 Å². The van der Waals surface area contributed by atoms with Crippen molar-refractivity contribution in [2.45, 2.75) is 39.5 Å². The van der Waals surface area contributed by atoms with Crippen LogP contribution in [0.5, 0.6) is 0 Å². The predicted molar refractivity (Wildman–Crippen MR) is 113 cm³/mol. The summed E-state index contributed by atoms with van der Waals surface area (Å²) < 4.78 is 0. The molecule has 1 aromatic heterocycles. The fourth-order valence-corrected chi connectivity index (χ4v) is 4.63. The molecule has 1 aromatic carbocycles. The lowest BCUT2D eigenvalue weighted by molar-refractivity contribution is -0.123. The summed E-state index contributed by atoms with van der Waals surface area (Å²) in [6.45, 7) is 6.14. The molecule has 2 aliphatic rings. The second-order valence-corrected chi connectivity index (χ2v) is 8.59. The number of carbonyl (C=O) groups is 2. The van der Waals surface area contributed by atoms with Crippen LogP contribution in [-0.4, -0.2) is 41.3 Å². The summed E-state index contributed by atoms with van der Waals surface area (Å²) in [5.74, 6) is 0.383. The standard InChI is InChI=1S/C24H29N3O2/c1-17-6-7-20(18(2)15-17)23(29)27-13-9-24(10-14-27)16-21(24)22(28)26-12-8-19-5-3-4-11-25-19/h3-7,11,15,21H,8-10,12-14,16H2,1-2H3,(H,26,28)/t21-/m0/s1. The number of aryl methyl sites for hydroxylation is 2. The maximum absolute atomic E-state index is 12.9. The van der Waals surface area contributed by atoms with Crippen LogP contribution in [0.25, 0.3) is 0 Å². The zero-order valence-corrected chi connectivity index (χ0v) is 17.3. The van der Waals surface area contributed by atoms with Gasteiger partial charge in [0.15, 0.2) is 0 Å². The largest absolute Gasteiger partial charge is 0.355 e. The second kappa shape index (κ2) is 7.97. The molecule has 0 radical (unpaired) electrons. The molecule has 1 saturated heterocycles. The third-order valence-corrected chi connectivity index (χ3v) is 6.57. The summed E-state index contributed by atoms with van der Waals surface area (Å²) in [4.78, 5) is 31.7. The molecular weight excluding hydrogens is 362 g/mol. The van der Waals surface area contributed by atoms with E-state index in [1.165, 1.54) is 5.56 Å². The fraction of sp³-hybridized carbons (Fsp3) is 0.458. The van der Waals surface area contributed by atoms with Gasteiger partial charge < -0.3 is 10.2 Å². The van der Waals surface area contributed by atoms with E-state index in [9.17, 15) is 9.59 Å². The number of rotatable bonds is 5. The number of nitrogens with zero attached hydrogens (tertiary/aromatic N) is 2. The Morgan fingerprint density at radius 1 is 1.17 bits per heavy atom. The molecule has 1 atom stereocenters. The van der Waals surface area contributed by atoms with Gasteiger partial charge in [-0.15, -0.1) is 0 Å². The molecule has 5 heteroatoms. The first-order valence-electron chi connectivity index (χ1n) is 10.5. The average Bonchev–Trinajstić information content (AvgIpc) is 3.42. The van der Waals surface area contributed by atoms with Gasteiger partial charge in [0.05, 0.1) is 0 Å². The van der Waals surface area contributed by atoms with Crippen LogP contribution in [0.2, 0.25) is 0 Å². The third-order valence-electron chi connectivity index (χ3n) is 6.57. The van der Waals surface area contributed by atoms with E-state index in [1.54, 1.807) is 6.20 Å². The molecule has 29 heavy (non-hydrogen) atoms. The van der Waals surface area contributed by atoms with Gasteiger partial charge in [-0.05, 0) is 62.3 Å². The quantitative estimate of drug-likeness (QED) is 0.851. The van der Waals surface area contributed by atoms with Crippen molar-refractivity contribution >= 4 is 11.8 Å². The summed E-state index contributed by atoms with van der Waals surface area (Å²) in [6.07, 6.45) is 5.32. The molecule has 152 valence electrons. The predicted octanol–water partition coefficient (Wildman–Crippen LogP) is 3.30. The van der Waals surface area contributed by atoms with Gasteiger partial charge in [-0.3, -0.25) is 14.6 Å². The van der Waals surface area contributed by atoms with Crippen LogP contribution in [0, 0.1) is 25.2 Å². The van der Waals surface area contributed by atoms with Crippen LogP contribution < -0.4 is 5.32 Å². The van der Waals surface area contributed by atoms with Crippen LogP contribution in [0.15, 0.2) is 42.6 Å². The van der Waals surface area contributed by atoms with Gasteiger partial charge in [-0.1, -0.05) is 23.8 Å². The maximum Gasteiger partial charge on any atom is 0.254 e. The van der Waals surface area contributed by atoms with Crippen molar-refractivity contribution < 1.29 is 9.59 Å². The van der Waals surface area contributed by atoms with Gasteiger partial charge >= 0.3 is 0 Å². The van der Waals surface area contributed by atoms with Crippen molar-refractivity contribution in [3.63, 3.8) is 0 Å². The van der Waals surface area contributed by atoms with E-state index >= 15 is 0 Å². The minimum absolute atomic E-state index is 0.101. The van der Waals surface area contributed by atoms with E-state index in [1.807, 2.05) is 49.1 Å². The summed E-state index contributed by atoms with van der Waals surface area (Å²) in [5.41, 5.74) is 4.11. The Balaban J connectivity index is 1.26. The molecule has 0 unspecified atom stereocenters. The molecule has 1 spiro atoms. The number of benzene rings is 1. The highest BCUT2D eigenvalue weighted by atomic mass is 16.2. The van der Waals surface area contributed by atoms with Crippen molar-refractivity contribution in [2.24, 2.45) is 11.3 Å². The van der Waals surface area contributed by atoms with Gasteiger partial charge in [0.1, 0.15) is 0 Å². The van der Waals surface area contributed by atoms with Gasteiger partial charge in [0, 0.05) is 49.4 Å². The first kappa shape index (κ1) is 19.6. The third kappa shape index (κ3) is 4.19. The van der Waals surface area contributed by atoms with E-state index < -0.39 is 0 Å². The Kier molecular flexibility index (Phi) is 5.39. The zero-order valence-electron chi connectivity index (χ0n) is 17.3. The van der Waals surface area contributed by atoms with Gasteiger partial charge in [-0.2, -0.15) is 0 Å². The Labute approximate surface area is 172 Å². The Hall–Kier alpha value is -2.69. The number of amides is 2. The molecular formula is C24H29N3O2.